The van der Waals surface area contributed by atoms with Gasteiger partial charge in [-0.3, -0.25) is 15.2 Å². The van der Waals surface area contributed by atoms with Gasteiger partial charge in [0.1, 0.15) is 0 Å². The molecule has 0 spiro atoms. The van der Waals surface area contributed by atoms with Crippen LogP contribution >= 0.6 is 23.1 Å². The summed E-state index contributed by atoms with van der Waals surface area (Å²) in [5, 5.41) is 9.03. The number of nitrogens with one attached hydrogen (secondary N) is 1. The van der Waals surface area contributed by atoms with Gasteiger partial charge >= 0.3 is 0 Å². The second kappa shape index (κ2) is 6.64. The lowest BCUT2D eigenvalue weighted by molar-refractivity contribution is 0.0953. The number of carbonyl (C=O) groups is 1. The SMILES string of the molecule is CN(C)c1nnc(SCc2ccc(C(=O)NN)cn2)s1. The average Bonchev–Trinajstić information content (AvgIpc) is 2.94. The van der Waals surface area contributed by atoms with E-state index in [4.69, 9.17) is 5.84 Å². The Hall–Kier alpha value is -1.71. The highest BCUT2D eigenvalue weighted by Crippen LogP contribution is 2.28. The first-order valence-electron chi connectivity index (χ1n) is 5.69. The molecule has 0 aliphatic carbocycles. The predicted molar refractivity (Wildman–Crippen MR) is 79.7 cm³/mol. The van der Waals surface area contributed by atoms with Crippen LogP contribution in [0.2, 0.25) is 0 Å². The molecular weight excluding hydrogens is 296 g/mol. The molecule has 0 saturated carbocycles. The van der Waals surface area contributed by atoms with Crippen LogP contribution in [0, 0.1) is 0 Å². The number of rotatable bonds is 5. The average molecular weight is 310 g/mol. The summed E-state index contributed by atoms with van der Waals surface area (Å²) in [6.45, 7) is 0. The zero-order chi connectivity index (χ0) is 14.5. The molecule has 0 aliphatic rings. The molecule has 106 valence electrons. The van der Waals surface area contributed by atoms with Crippen LogP contribution in [0.3, 0.4) is 0 Å². The molecule has 0 aromatic carbocycles. The minimum absolute atomic E-state index is 0.351. The summed E-state index contributed by atoms with van der Waals surface area (Å²) in [6.07, 6.45) is 1.50. The second-order valence-electron chi connectivity index (χ2n) is 4.05. The summed E-state index contributed by atoms with van der Waals surface area (Å²) in [4.78, 5) is 17.4. The van der Waals surface area contributed by atoms with E-state index in [1.807, 2.05) is 19.0 Å². The van der Waals surface area contributed by atoms with E-state index < -0.39 is 0 Å². The molecule has 0 atom stereocenters. The van der Waals surface area contributed by atoms with Gasteiger partial charge in [0.25, 0.3) is 5.91 Å². The fourth-order valence-corrected chi connectivity index (χ4v) is 2.98. The number of thioether (sulfide) groups is 1. The quantitative estimate of drug-likeness (QED) is 0.366. The highest BCUT2D eigenvalue weighted by atomic mass is 32.2. The number of pyridine rings is 1. The molecule has 2 heterocycles. The molecule has 3 N–H and O–H groups in total. The van der Waals surface area contributed by atoms with E-state index in [9.17, 15) is 4.79 Å². The van der Waals surface area contributed by atoms with Gasteiger partial charge in [-0.1, -0.05) is 23.1 Å². The number of hydrogen-bond acceptors (Lipinski definition) is 8. The maximum absolute atomic E-state index is 11.3. The summed E-state index contributed by atoms with van der Waals surface area (Å²) < 4.78 is 0.888. The number of nitrogens with zero attached hydrogens (tertiary/aromatic N) is 4. The van der Waals surface area contributed by atoms with Gasteiger partial charge in [-0.25, -0.2) is 5.84 Å². The van der Waals surface area contributed by atoms with Crippen LogP contribution in [0.4, 0.5) is 5.13 Å². The fraction of sp³-hybridized carbons (Fsp3) is 0.273. The van der Waals surface area contributed by atoms with Crippen molar-refractivity contribution in [2.45, 2.75) is 10.1 Å². The van der Waals surface area contributed by atoms with Crippen molar-refractivity contribution in [1.29, 1.82) is 0 Å². The first kappa shape index (κ1) is 14.7. The number of nitrogen functional groups attached to an aromatic ring is 1. The van der Waals surface area contributed by atoms with Crippen molar-refractivity contribution in [3.8, 4) is 0 Å². The predicted octanol–water partition coefficient (Wildman–Crippen LogP) is 0.895. The van der Waals surface area contributed by atoms with Crippen LogP contribution in [0.5, 0.6) is 0 Å². The summed E-state index contributed by atoms with van der Waals surface area (Å²) in [5.41, 5.74) is 3.37. The van der Waals surface area contributed by atoms with Gasteiger partial charge in [-0.05, 0) is 12.1 Å². The molecule has 2 aromatic rings. The maximum atomic E-state index is 11.3. The molecule has 0 radical (unpaired) electrons. The largest absolute Gasteiger partial charge is 0.353 e. The van der Waals surface area contributed by atoms with Crippen LogP contribution in [0.25, 0.3) is 0 Å². The molecular formula is C11H14N6OS2. The van der Waals surface area contributed by atoms with Crippen LogP contribution in [0.15, 0.2) is 22.7 Å². The minimum atomic E-state index is -0.351. The molecule has 20 heavy (non-hydrogen) atoms. The summed E-state index contributed by atoms with van der Waals surface area (Å²) in [6, 6.07) is 3.49. The van der Waals surface area contributed by atoms with Gasteiger partial charge in [0, 0.05) is 26.0 Å². The van der Waals surface area contributed by atoms with Gasteiger partial charge in [0.05, 0.1) is 11.3 Å². The summed E-state index contributed by atoms with van der Waals surface area (Å²) in [7, 11) is 3.86. The Labute approximate surface area is 124 Å². The van der Waals surface area contributed by atoms with Crippen LogP contribution in [-0.4, -0.2) is 35.2 Å². The zero-order valence-electron chi connectivity index (χ0n) is 11.0. The third-order valence-corrected chi connectivity index (χ3v) is 4.60. The minimum Gasteiger partial charge on any atom is -0.353 e. The number of aromatic nitrogens is 3. The lowest BCUT2D eigenvalue weighted by Crippen LogP contribution is -2.30. The molecule has 9 heteroatoms. The lowest BCUT2D eigenvalue weighted by Gasteiger charge is -2.03. The topological polar surface area (TPSA) is 97.0 Å². The molecule has 0 unspecified atom stereocenters. The van der Waals surface area contributed by atoms with Gasteiger partial charge < -0.3 is 4.90 Å². The molecule has 7 nitrogen and oxygen atoms in total. The van der Waals surface area contributed by atoms with Crippen molar-refractivity contribution in [3.05, 3.63) is 29.6 Å². The highest BCUT2D eigenvalue weighted by molar-refractivity contribution is 8.00. The van der Waals surface area contributed by atoms with E-state index in [0.29, 0.717) is 11.3 Å². The lowest BCUT2D eigenvalue weighted by atomic mass is 10.2. The van der Waals surface area contributed by atoms with E-state index in [1.165, 1.54) is 17.5 Å². The number of nitrogens with two attached hydrogens (primary N) is 1. The molecule has 0 saturated heterocycles. The van der Waals surface area contributed by atoms with E-state index in [1.54, 1.807) is 23.9 Å². The number of hydrogen-bond donors (Lipinski definition) is 2. The fourth-order valence-electron chi connectivity index (χ4n) is 1.30. The first-order valence-corrected chi connectivity index (χ1v) is 7.50. The van der Waals surface area contributed by atoms with Crippen molar-refractivity contribution < 1.29 is 4.79 Å². The Morgan fingerprint density at radius 3 is 2.80 bits per heavy atom. The van der Waals surface area contributed by atoms with E-state index in [2.05, 4.69) is 20.6 Å². The van der Waals surface area contributed by atoms with Crippen LogP contribution in [0.1, 0.15) is 16.1 Å². The van der Waals surface area contributed by atoms with Crippen molar-refractivity contribution in [2.24, 2.45) is 5.84 Å². The second-order valence-corrected chi connectivity index (χ2v) is 6.22. The smallest absolute Gasteiger partial charge is 0.266 e. The molecule has 0 bridgehead atoms. The molecule has 1 amide bonds. The van der Waals surface area contributed by atoms with E-state index in [0.717, 1.165) is 15.2 Å². The van der Waals surface area contributed by atoms with Gasteiger partial charge in [-0.15, -0.1) is 10.2 Å². The highest BCUT2D eigenvalue weighted by Gasteiger charge is 2.08. The molecule has 2 rings (SSSR count). The monoisotopic (exact) mass is 310 g/mol. The summed E-state index contributed by atoms with van der Waals surface area (Å²) in [5.74, 6) is 5.38. The Morgan fingerprint density at radius 2 is 2.25 bits per heavy atom. The Bertz CT molecular complexity index is 583. The summed E-state index contributed by atoms with van der Waals surface area (Å²) >= 11 is 3.09. The molecule has 2 aromatic heterocycles. The molecule has 0 aliphatic heterocycles. The number of hydrazine groups is 1. The van der Waals surface area contributed by atoms with Gasteiger partial charge in [0.15, 0.2) is 4.34 Å². The van der Waals surface area contributed by atoms with Crippen molar-refractivity contribution in [3.63, 3.8) is 0 Å². The van der Waals surface area contributed by atoms with E-state index in [-0.39, 0.29) is 5.91 Å². The first-order chi connectivity index (χ1) is 9.60. The third kappa shape index (κ3) is 3.65. The third-order valence-electron chi connectivity index (χ3n) is 2.34. The van der Waals surface area contributed by atoms with Crippen LogP contribution < -0.4 is 16.2 Å². The van der Waals surface area contributed by atoms with Crippen molar-refractivity contribution >= 4 is 34.1 Å². The Balaban J connectivity index is 1.95. The maximum Gasteiger partial charge on any atom is 0.266 e. The number of amides is 1. The van der Waals surface area contributed by atoms with Gasteiger partial charge in [-0.2, -0.15) is 0 Å². The normalized spacial score (nSPS) is 10.3. The Kier molecular flexibility index (Phi) is 4.88. The number of carbonyl (C=O) groups excluding carboxylic acids is 1. The van der Waals surface area contributed by atoms with Crippen molar-refractivity contribution in [2.75, 3.05) is 19.0 Å². The van der Waals surface area contributed by atoms with Gasteiger partial charge in [0.2, 0.25) is 5.13 Å². The molecule has 0 fully saturated rings. The standard InChI is InChI=1S/C11H14N6OS2/c1-17(2)10-15-16-11(20-10)19-6-8-4-3-7(5-13-8)9(18)14-12/h3-5H,6,12H2,1-2H3,(H,14,18). The van der Waals surface area contributed by atoms with Crippen LogP contribution in [-0.2, 0) is 5.75 Å². The van der Waals surface area contributed by atoms with Crippen molar-refractivity contribution in [1.82, 2.24) is 20.6 Å². The zero-order valence-corrected chi connectivity index (χ0v) is 12.7. The Morgan fingerprint density at radius 1 is 1.45 bits per heavy atom. The van der Waals surface area contributed by atoms with E-state index >= 15 is 0 Å². The number of anilines is 1.